The molecule has 0 saturated heterocycles. The predicted octanol–water partition coefficient (Wildman–Crippen LogP) is 3.22. The van der Waals surface area contributed by atoms with E-state index in [1.807, 2.05) is 0 Å². The highest BCUT2D eigenvalue weighted by atomic mass is 14.9. The summed E-state index contributed by atoms with van der Waals surface area (Å²) in [5.74, 6) is 3.54. The predicted molar refractivity (Wildman–Crippen MR) is 48.7 cm³/mol. The largest absolute Gasteiger partial charge is 0.0588 e. The minimum Gasteiger partial charge on any atom is -0.0588 e. The standard InChI is InChI=1S/C12H18/c1-11-4-2-3-9-5-8-6-10(11)12(9,11)7-8/h8-10H,2-7H2,1H3. The SMILES string of the molecule is CC12CCCC3CC4CC1C32C4. The van der Waals surface area contributed by atoms with Crippen molar-refractivity contribution in [3.05, 3.63) is 0 Å². The van der Waals surface area contributed by atoms with Gasteiger partial charge in [-0.05, 0) is 60.7 Å². The summed E-state index contributed by atoms with van der Waals surface area (Å²) in [4.78, 5) is 0. The quantitative estimate of drug-likeness (QED) is 0.513. The van der Waals surface area contributed by atoms with E-state index in [0.29, 0.717) is 0 Å². The highest BCUT2D eigenvalue weighted by Crippen LogP contribution is 2.88. The van der Waals surface area contributed by atoms with E-state index in [2.05, 4.69) is 6.92 Å². The second-order valence-corrected chi connectivity index (χ2v) is 6.14. The van der Waals surface area contributed by atoms with Crippen LogP contribution < -0.4 is 0 Å². The smallest absolute Gasteiger partial charge is 0.0176 e. The van der Waals surface area contributed by atoms with Gasteiger partial charge in [0.2, 0.25) is 0 Å². The molecule has 0 aromatic rings. The summed E-state index contributed by atoms with van der Waals surface area (Å²) in [5.41, 5.74) is 1.78. The number of rotatable bonds is 0. The Balaban J connectivity index is 1.88. The molecule has 4 fully saturated rings. The lowest BCUT2D eigenvalue weighted by molar-refractivity contribution is 0.195. The van der Waals surface area contributed by atoms with Gasteiger partial charge in [0.05, 0.1) is 0 Å². The zero-order chi connectivity index (χ0) is 7.97. The number of fused-ring (bicyclic) bond motifs is 2. The van der Waals surface area contributed by atoms with Gasteiger partial charge in [0.1, 0.15) is 0 Å². The third-order valence-corrected chi connectivity index (χ3v) is 6.16. The summed E-state index contributed by atoms with van der Waals surface area (Å²) in [6.07, 6.45) is 9.58. The van der Waals surface area contributed by atoms with E-state index in [-0.39, 0.29) is 0 Å². The van der Waals surface area contributed by atoms with Crippen LogP contribution in [0.3, 0.4) is 0 Å². The molecule has 0 aromatic heterocycles. The van der Waals surface area contributed by atoms with Crippen LogP contribution in [0.2, 0.25) is 0 Å². The first-order chi connectivity index (χ1) is 5.77. The first kappa shape index (κ1) is 6.45. The third-order valence-electron chi connectivity index (χ3n) is 6.16. The first-order valence-corrected chi connectivity index (χ1v) is 5.77. The molecule has 0 nitrogen and oxygen atoms in total. The summed E-state index contributed by atoms with van der Waals surface area (Å²) < 4.78 is 0. The third kappa shape index (κ3) is 0.400. The molecule has 0 heterocycles. The van der Waals surface area contributed by atoms with Gasteiger partial charge in [0.25, 0.3) is 0 Å². The molecule has 4 rings (SSSR count). The van der Waals surface area contributed by atoms with E-state index < -0.39 is 0 Å². The van der Waals surface area contributed by atoms with Crippen LogP contribution in [0.4, 0.5) is 0 Å². The lowest BCUT2D eigenvalue weighted by Crippen LogP contribution is -2.21. The second-order valence-electron chi connectivity index (χ2n) is 6.14. The molecular weight excluding hydrogens is 144 g/mol. The zero-order valence-corrected chi connectivity index (χ0v) is 7.97. The van der Waals surface area contributed by atoms with E-state index in [1.165, 1.54) is 17.8 Å². The molecule has 4 saturated carbocycles. The van der Waals surface area contributed by atoms with Crippen molar-refractivity contribution in [1.82, 2.24) is 0 Å². The average Bonchev–Trinajstić information content (AvgIpc) is 2.50. The highest BCUT2D eigenvalue weighted by Gasteiger charge is 2.81. The number of hydrogen-bond acceptors (Lipinski definition) is 0. The van der Waals surface area contributed by atoms with E-state index >= 15 is 0 Å². The lowest BCUT2D eigenvalue weighted by atomic mass is 9.75. The molecule has 66 valence electrons. The Kier molecular flexibility index (Phi) is 0.811. The molecule has 4 aliphatic carbocycles. The minimum absolute atomic E-state index is 0.850. The van der Waals surface area contributed by atoms with Gasteiger partial charge in [-0.2, -0.15) is 0 Å². The average molecular weight is 162 g/mol. The molecule has 0 radical (unpaired) electrons. The maximum atomic E-state index is 2.60. The highest BCUT2D eigenvalue weighted by molar-refractivity contribution is 5.30. The molecule has 5 atom stereocenters. The molecule has 0 aromatic carbocycles. The topological polar surface area (TPSA) is 0 Å². The van der Waals surface area contributed by atoms with Gasteiger partial charge >= 0.3 is 0 Å². The molecule has 0 N–H and O–H groups in total. The van der Waals surface area contributed by atoms with E-state index in [9.17, 15) is 0 Å². The van der Waals surface area contributed by atoms with Gasteiger partial charge in [-0.25, -0.2) is 0 Å². The Labute approximate surface area is 74.7 Å². The number of hydrogen-bond donors (Lipinski definition) is 0. The molecule has 5 unspecified atom stereocenters. The lowest BCUT2D eigenvalue weighted by Gasteiger charge is -2.30. The van der Waals surface area contributed by atoms with E-state index in [4.69, 9.17) is 0 Å². The van der Waals surface area contributed by atoms with Crippen LogP contribution in [-0.4, -0.2) is 0 Å². The van der Waals surface area contributed by atoms with Crippen molar-refractivity contribution in [3.63, 3.8) is 0 Å². The molecule has 4 aliphatic rings. The Hall–Kier alpha value is 0. The monoisotopic (exact) mass is 162 g/mol. The Morgan fingerprint density at radius 1 is 1.25 bits per heavy atom. The molecule has 1 spiro atoms. The molecule has 12 heavy (non-hydrogen) atoms. The molecule has 0 amide bonds. The normalized spacial score (nSPS) is 71.2. The van der Waals surface area contributed by atoms with Crippen LogP contribution in [0.1, 0.15) is 45.4 Å². The van der Waals surface area contributed by atoms with Crippen LogP contribution in [-0.2, 0) is 0 Å². The Morgan fingerprint density at radius 2 is 2.17 bits per heavy atom. The molecule has 0 aliphatic heterocycles. The Morgan fingerprint density at radius 3 is 3.00 bits per heavy atom. The zero-order valence-electron chi connectivity index (χ0n) is 7.97. The van der Waals surface area contributed by atoms with Gasteiger partial charge in [0.15, 0.2) is 0 Å². The van der Waals surface area contributed by atoms with Gasteiger partial charge < -0.3 is 0 Å². The van der Waals surface area contributed by atoms with Gasteiger partial charge in [-0.1, -0.05) is 13.3 Å². The van der Waals surface area contributed by atoms with E-state index in [1.54, 1.807) is 38.5 Å². The van der Waals surface area contributed by atoms with Crippen LogP contribution in [0.5, 0.6) is 0 Å². The summed E-state index contributed by atoms with van der Waals surface area (Å²) >= 11 is 0. The van der Waals surface area contributed by atoms with Crippen molar-refractivity contribution in [2.45, 2.75) is 45.4 Å². The maximum absolute atomic E-state index is 2.60. The van der Waals surface area contributed by atoms with Crippen molar-refractivity contribution in [3.8, 4) is 0 Å². The van der Waals surface area contributed by atoms with Crippen molar-refractivity contribution in [2.24, 2.45) is 28.6 Å². The van der Waals surface area contributed by atoms with Crippen LogP contribution in [0.25, 0.3) is 0 Å². The van der Waals surface area contributed by atoms with Crippen molar-refractivity contribution >= 4 is 0 Å². The fraction of sp³-hybridized carbons (Fsp3) is 1.00. The fourth-order valence-electron chi connectivity index (χ4n) is 5.84. The van der Waals surface area contributed by atoms with Gasteiger partial charge in [0, 0.05) is 0 Å². The Bertz CT molecular complexity index is 247. The molecular formula is C12H18. The summed E-state index contributed by atoms with van der Waals surface area (Å²) in [5, 5.41) is 0. The molecule has 2 bridgehead atoms. The summed E-state index contributed by atoms with van der Waals surface area (Å²) in [6, 6.07) is 0. The fourth-order valence-corrected chi connectivity index (χ4v) is 5.84. The van der Waals surface area contributed by atoms with E-state index in [0.717, 1.165) is 10.8 Å². The first-order valence-electron chi connectivity index (χ1n) is 5.77. The maximum Gasteiger partial charge on any atom is -0.0176 e. The van der Waals surface area contributed by atoms with Gasteiger partial charge in [-0.15, -0.1) is 0 Å². The minimum atomic E-state index is 0.850. The summed E-state index contributed by atoms with van der Waals surface area (Å²) in [7, 11) is 0. The molecule has 0 heteroatoms. The van der Waals surface area contributed by atoms with Crippen LogP contribution in [0.15, 0.2) is 0 Å². The summed E-state index contributed by atoms with van der Waals surface area (Å²) in [6.45, 7) is 2.60. The van der Waals surface area contributed by atoms with Crippen molar-refractivity contribution in [1.29, 1.82) is 0 Å². The van der Waals surface area contributed by atoms with Crippen molar-refractivity contribution in [2.75, 3.05) is 0 Å². The van der Waals surface area contributed by atoms with Crippen LogP contribution in [0, 0.1) is 28.6 Å². The second kappa shape index (κ2) is 1.51. The van der Waals surface area contributed by atoms with Gasteiger partial charge in [-0.3, -0.25) is 0 Å². The van der Waals surface area contributed by atoms with Crippen molar-refractivity contribution < 1.29 is 0 Å². The van der Waals surface area contributed by atoms with Crippen LogP contribution >= 0.6 is 0 Å².